The summed E-state index contributed by atoms with van der Waals surface area (Å²) in [5.74, 6) is 0.978. The molecular formula is C13H16N2O. The molecule has 2 N–H and O–H groups in total. The summed E-state index contributed by atoms with van der Waals surface area (Å²) in [7, 11) is 2.06. The van der Waals surface area contributed by atoms with Gasteiger partial charge in [-0.2, -0.15) is 0 Å². The van der Waals surface area contributed by atoms with Crippen LogP contribution >= 0.6 is 0 Å². The van der Waals surface area contributed by atoms with E-state index in [9.17, 15) is 0 Å². The molecule has 3 nitrogen and oxygen atoms in total. The quantitative estimate of drug-likeness (QED) is 0.798. The van der Waals surface area contributed by atoms with Crippen LogP contribution in [0.4, 0.5) is 5.69 Å². The second-order valence-corrected chi connectivity index (χ2v) is 4.00. The third kappa shape index (κ3) is 2.87. The molecule has 0 saturated carbocycles. The fourth-order valence-corrected chi connectivity index (χ4v) is 1.73. The molecule has 0 unspecified atom stereocenters. The van der Waals surface area contributed by atoms with E-state index >= 15 is 0 Å². The van der Waals surface area contributed by atoms with Crippen LogP contribution in [0, 0.1) is 0 Å². The molecular weight excluding hydrogens is 200 g/mol. The Kier molecular flexibility index (Phi) is 3.27. The van der Waals surface area contributed by atoms with Crippen LogP contribution < -0.4 is 5.73 Å². The van der Waals surface area contributed by atoms with E-state index in [1.807, 2.05) is 30.3 Å². The molecule has 0 aliphatic carbocycles. The molecule has 0 amide bonds. The first-order valence-electron chi connectivity index (χ1n) is 5.29. The van der Waals surface area contributed by atoms with E-state index in [0.717, 1.165) is 24.5 Å². The molecule has 1 aromatic heterocycles. The molecule has 0 spiro atoms. The van der Waals surface area contributed by atoms with Crippen molar-refractivity contribution in [2.45, 2.75) is 13.1 Å². The summed E-state index contributed by atoms with van der Waals surface area (Å²) in [6, 6.07) is 11.8. The van der Waals surface area contributed by atoms with E-state index in [1.54, 1.807) is 6.26 Å². The van der Waals surface area contributed by atoms with Crippen LogP contribution in [0.1, 0.15) is 11.3 Å². The number of furan rings is 1. The average molecular weight is 216 g/mol. The average Bonchev–Trinajstić information content (AvgIpc) is 2.70. The zero-order chi connectivity index (χ0) is 11.4. The number of nitrogens with zero attached hydrogens (tertiary/aromatic N) is 1. The first-order chi connectivity index (χ1) is 7.74. The first kappa shape index (κ1) is 10.8. The molecule has 0 fully saturated rings. The molecule has 3 heteroatoms. The Morgan fingerprint density at radius 3 is 2.75 bits per heavy atom. The third-order valence-corrected chi connectivity index (χ3v) is 2.41. The molecule has 0 atom stereocenters. The van der Waals surface area contributed by atoms with Crippen molar-refractivity contribution < 1.29 is 4.42 Å². The van der Waals surface area contributed by atoms with Gasteiger partial charge >= 0.3 is 0 Å². The number of benzene rings is 1. The Balaban J connectivity index is 1.94. The van der Waals surface area contributed by atoms with Crippen LogP contribution in [0.2, 0.25) is 0 Å². The number of hydrogen-bond acceptors (Lipinski definition) is 3. The second-order valence-electron chi connectivity index (χ2n) is 4.00. The van der Waals surface area contributed by atoms with Gasteiger partial charge in [0.2, 0.25) is 0 Å². The van der Waals surface area contributed by atoms with E-state index in [2.05, 4.69) is 18.0 Å². The van der Waals surface area contributed by atoms with Crippen LogP contribution in [-0.4, -0.2) is 11.9 Å². The van der Waals surface area contributed by atoms with Crippen molar-refractivity contribution in [2.24, 2.45) is 0 Å². The van der Waals surface area contributed by atoms with Gasteiger partial charge in [0, 0.05) is 12.2 Å². The fourth-order valence-electron chi connectivity index (χ4n) is 1.73. The highest BCUT2D eigenvalue weighted by atomic mass is 16.3. The lowest BCUT2D eigenvalue weighted by molar-refractivity contribution is 0.288. The van der Waals surface area contributed by atoms with E-state index in [0.29, 0.717) is 0 Å². The van der Waals surface area contributed by atoms with E-state index in [4.69, 9.17) is 10.2 Å². The smallest absolute Gasteiger partial charge is 0.117 e. The van der Waals surface area contributed by atoms with Crippen molar-refractivity contribution in [3.05, 3.63) is 54.0 Å². The third-order valence-electron chi connectivity index (χ3n) is 2.41. The predicted octanol–water partition coefficient (Wildman–Crippen LogP) is 2.49. The summed E-state index contributed by atoms with van der Waals surface area (Å²) >= 11 is 0. The van der Waals surface area contributed by atoms with Crippen LogP contribution in [0.3, 0.4) is 0 Å². The molecule has 84 valence electrons. The Morgan fingerprint density at radius 1 is 1.19 bits per heavy atom. The molecule has 1 heterocycles. The Bertz CT molecular complexity index is 437. The maximum Gasteiger partial charge on any atom is 0.117 e. The summed E-state index contributed by atoms with van der Waals surface area (Å²) in [5, 5.41) is 0. The zero-order valence-electron chi connectivity index (χ0n) is 9.39. The first-order valence-corrected chi connectivity index (χ1v) is 5.29. The molecule has 16 heavy (non-hydrogen) atoms. The number of nitrogens with two attached hydrogens (primary N) is 1. The minimum absolute atomic E-state index is 0.807. The molecule has 2 aromatic rings. The lowest BCUT2D eigenvalue weighted by atomic mass is 10.2. The molecule has 1 aromatic carbocycles. The summed E-state index contributed by atoms with van der Waals surface area (Å²) < 4.78 is 5.30. The maximum atomic E-state index is 5.73. The van der Waals surface area contributed by atoms with E-state index < -0.39 is 0 Å². The molecule has 0 bridgehead atoms. The van der Waals surface area contributed by atoms with Crippen molar-refractivity contribution in [3.63, 3.8) is 0 Å². The molecule has 0 radical (unpaired) electrons. The van der Waals surface area contributed by atoms with Gasteiger partial charge < -0.3 is 10.2 Å². The van der Waals surface area contributed by atoms with Crippen LogP contribution in [0.15, 0.2) is 47.1 Å². The monoisotopic (exact) mass is 216 g/mol. The van der Waals surface area contributed by atoms with E-state index in [-0.39, 0.29) is 0 Å². The van der Waals surface area contributed by atoms with E-state index in [1.165, 1.54) is 5.56 Å². The van der Waals surface area contributed by atoms with Gasteiger partial charge in [-0.25, -0.2) is 0 Å². The van der Waals surface area contributed by atoms with Gasteiger partial charge in [-0.15, -0.1) is 0 Å². The summed E-state index contributed by atoms with van der Waals surface area (Å²) in [6.07, 6.45) is 1.70. The zero-order valence-corrected chi connectivity index (χ0v) is 9.39. The van der Waals surface area contributed by atoms with Gasteiger partial charge in [0.15, 0.2) is 0 Å². The van der Waals surface area contributed by atoms with Crippen molar-refractivity contribution in [1.29, 1.82) is 0 Å². The van der Waals surface area contributed by atoms with Gasteiger partial charge in [-0.1, -0.05) is 12.1 Å². The highest BCUT2D eigenvalue weighted by molar-refractivity contribution is 5.40. The predicted molar refractivity (Wildman–Crippen MR) is 64.7 cm³/mol. The van der Waals surface area contributed by atoms with Crippen LogP contribution in [-0.2, 0) is 13.1 Å². The summed E-state index contributed by atoms with van der Waals surface area (Å²) in [6.45, 7) is 1.67. The van der Waals surface area contributed by atoms with Crippen molar-refractivity contribution in [2.75, 3.05) is 12.8 Å². The lowest BCUT2D eigenvalue weighted by Crippen LogP contribution is -2.16. The Hall–Kier alpha value is -1.74. The molecule has 0 saturated heterocycles. The highest BCUT2D eigenvalue weighted by Crippen LogP contribution is 2.11. The van der Waals surface area contributed by atoms with Gasteiger partial charge in [0.1, 0.15) is 5.76 Å². The van der Waals surface area contributed by atoms with Gasteiger partial charge in [-0.05, 0) is 36.9 Å². The number of nitrogen functional groups attached to an aromatic ring is 1. The Labute approximate surface area is 95.5 Å². The van der Waals surface area contributed by atoms with Crippen molar-refractivity contribution in [3.8, 4) is 0 Å². The van der Waals surface area contributed by atoms with Crippen LogP contribution in [0.5, 0.6) is 0 Å². The topological polar surface area (TPSA) is 42.4 Å². The Morgan fingerprint density at radius 2 is 2.06 bits per heavy atom. The number of rotatable bonds is 4. The lowest BCUT2D eigenvalue weighted by Gasteiger charge is -2.15. The minimum atomic E-state index is 0.807. The number of hydrogen-bond donors (Lipinski definition) is 1. The second kappa shape index (κ2) is 4.86. The van der Waals surface area contributed by atoms with Gasteiger partial charge in [-0.3, -0.25) is 4.90 Å². The highest BCUT2D eigenvalue weighted by Gasteiger charge is 2.03. The molecule has 0 aliphatic rings. The van der Waals surface area contributed by atoms with Crippen molar-refractivity contribution in [1.82, 2.24) is 4.90 Å². The SMILES string of the molecule is CN(Cc1cccc(N)c1)Cc1ccco1. The summed E-state index contributed by atoms with van der Waals surface area (Å²) in [4.78, 5) is 2.19. The van der Waals surface area contributed by atoms with Gasteiger partial charge in [0.05, 0.1) is 12.8 Å². The minimum Gasteiger partial charge on any atom is -0.468 e. The van der Waals surface area contributed by atoms with Gasteiger partial charge in [0.25, 0.3) is 0 Å². The summed E-state index contributed by atoms with van der Waals surface area (Å²) in [5.41, 5.74) is 7.76. The molecule has 0 aliphatic heterocycles. The molecule has 2 rings (SSSR count). The van der Waals surface area contributed by atoms with Crippen LogP contribution in [0.25, 0.3) is 0 Å². The number of anilines is 1. The fraction of sp³-hybridized carbons (Fsp3) is 0.231. The largest absolute Gasteiger partial charge is 0.468 e. The normalized spacial score (nSPS) is 10.9. The maximum absolute atomic E-state index is 5.73. The van der Waals surface area contributed by atoms with Crippen molar-refractivity contribution >= 4 is 5.69 Å². The standard InChI is InChI=1S/C13H16N2O/c1-15(10-13-6-3-7-16-13)9-11-4-2-5-12(14)8-11/h2-8H,9-10,14H2,1H3.